The van der Waals surface area contributed by atoms with Crippen molar-refractivity contribution in [2.24, 2.45) is 0 Å². The van der Waals surface area contributed by atoms with Crippen LogP contribution in [0.15, 0.2) is 35.7 Å². The first-order valence-electron chi connectivity index (χ1n) is 6.65. The summed E-state index contributed by atoms with van der Waals surface area (Å²) in [6.07, 6.45) is 1.04. The fourth-order valence-electron chi connectivity index (χ4n) is 2.30. The Kier molecular flexibility index (Phi) is 5.00. The maximum atomic E-state index is 5.33. The first-order chi connectivity index (χ1) is 9.24. The number of hydrogen-bond donors (Lipinski definition) is 1. The molecule has 0 aliphatic rings. The van der Waals surface area contributed by atoms with Gasteiger partial charge in [-0.25, -0.2) is 0 Å². The smallest absolute Gasteiger partial charge is 0.121 e. The quantitative estimate of drug-likeness (QED) is 0.861. The van der Waals surface area contributed by atoms with Crippen LogP contribution in [0.5, 0.6) is 5.75 Å². The second-order valence-electron chi connectivity index (χ2n) is 4.62. The van der Waals surface area contributed by atoms with Crippen molar-refractivity contribution in [3.8, 4) is 5.75 Å². The minimum Gasteiger partial charge on any atom is -0.496 e. The predicted octanol–water partition coefficient (Wildman–Crippen LogP) is 3.96. The largest absolute Gasteiger partial charge is 0.496 e. The molecule has 1 N–H and O–H groups in total. The lowest BCUT2D eigenvalue weighted by Crippen LogP contribution is -2.22. The highest BCUT2D eigenvalue weighted by Gasteiger charge is 2.13. The molecule has 0 saturated carbocycles. The molecule has 1 heterocycles. The SMILES string of the molecule is CCNC(Cc1cccs1)c1ccc(OC)c(C)c1. The fourth-order valence-corrected chi connectivity index (χ4v) is 3.05. The molecule has 2 nitrogen and oxygen atoms in total. The van der Waals surface area contributed by atoms with E-state index in [1.165, 1.54) is 16.0 Å². The van der Waals surface area contributed by atoms with Crippen LogP contribution in [0, 0.1) is 6.92 Å². The van der Waals surface area contributed by atoms with Gasteiger partial charge in [-0.2, -0.15) is 0 Å². The van der Waals surface area contributed by atoms with Crippen molar-refractivity contribution in [2.45, 2.75) is 26.3 Å². The van der Waals surface area contributed by atoms with Gasteiger partial charge in [0.05, 0.1) is 7.11 Å². The molecule has 2 rings (SSSR count). The Balaban J connectivity index is 2.20. The summed E-state index contributed by atoms with van der Waals surface area (Å²) in [6.45, 7) is 5.22. The van der Waals surface area contributed by atoms with Crippen LogP contribution >= 0.6 is 11.3 Å². The lowest BCUT2D eigenvalue weighted by atomic mass is 10.0. The molecule has 1 unspecified atom stereocenters. The summed E-state index contributed by atoms with van der Waals surface area (Å²) in [5.41, 5.74) is 2.52. The predicted molar refractivity (Wildman–Crippen MR) is 82.2 cm³/mol. The van der Waals surface area contributed by atoms with E-state index in [2.05, 4.69) is 54.9 Å². The third-order valence-corrected chi connectivity index (χ3v) is 4.16. The summed E-state index contributed by atoms with van der Waals surface area (Å²) in [5.74, 6) is 0.954. The van der Waals surface area contributed by atoms with Crippen molar-refractivity contribution < 1.29 is 4.74 Å². The van der Waals surface area contributed by atoms with Gasteiger partial charge in [-0.15, -0.1) is 11.3 Å². The molecule has 0 amide bonds. The van der Waals surface area contributed by atoms with Gasteiger partial charge in [0.2, 0.25) is 0 Å². The second-order valence-corrected chi connectivity index (χ2v) is 5.66. The molecule has 19 heavy (non-hydrogen) atoms. The minimum atomic E-state index is 0.369. The number of thiophene rings is 1. The lowest BCUT2D eigenvalue weighted by molar-refractivity contribution is 0.411. The molecule has 102 valence electrons. The number of methoxy groups -OCH3 is 1. The highest BCUT2D eigenvalue weighted by atomic mass is 32.1. The van der Waals surface area contributed by atoms with Gasteiger partial charge in [-0.05, 0) is 42.1 Å². The van der Waals surface area contributed by atoms with Crippen molar-refractivity contribution in [3.05, 3.63) is 51.7 Å². The number of hydrogen-bond acceptors (Lipinski definition) is 3. The van der Waals surface area contributed by atoms with Gasteiger partial charge >= 0.3 is 0 Å². The molecule has 2 aromatic rings. The molecule has 3 heteroatoms. The molecule has 1 aromatic heterocycles. The molecule has 0 aliphatic heterocycles. The van der Waals surface area contributed by atoms with Crippen molar-refractivity contribution in [3.63, 3.8) is 0 Å². The van der Waals surface area contributed by atoms with Gasteiger partial charge in [0.1, 0.15) is 5.75 Å². The van der Waals surface area contributed by atoms with Crippen LogP contribution in [0.3, 0.4) is 0 Å². The summed E-state index contributed by atoms with van der Waals surface area (Å²) < 4.78 is 5.33. The third-order valence-electron chi connectivity index (χ3n) is 3.26. The fraction of sp³-hybridized carbons (Fsp3) is 0.375. The zero-order chi connectivity index (χ0) is 13.7. The van der Waals surface area contributed by atoms with Crippen LogP contribution < -0.4 is 10.1 Å². The number of benzene rings is 1. The first-order valence-corrected chi connectivity index (χ1v) is 7.53. The van der Waals surface area contributed by atoms with Gasteiger partial charge < -0.3 is 10.1 Å². The van der Waals surface area contributed by atoms with Gasteiger partial charge in [-0.3, -0.25) is 0 Å². The molecule has 0 saturated heterocycles. The van der Waals surface area contributed by atoms with Crippen molar-refractivity contribution >= 4 is 11.3 Å². The summed E-state index contributed by atoms with van der Waals surface area (Å²) >= 11 is 1.82. The monoisotopic (exact) mass is 275 g/mol. The van der Waals surface area contributed by atoms with E-state index in [1.54, 1.807) is 7.11 Å². The summed E-state index contributed by atoms with van der Waals surface area (Å²) in [4.78, 5) is 1.42. The maximum Gasteiger partial charge on any atom is 0.121 e. The Labute approximate surface area is 119 Å². The molecule has 0 radical (unpaired) electrons. The number of aryl methyl sites for hydroxylation is 1. The zero-order valence-electron chi connectivity index (χ0n) is 11.8. The Morgan fingerprint density at radius 2 is 2.16 bits per heavy atom. The van der Waals surface area contributed by atoms with Crippen LogP contribution in [0.4, 0.5) is 0 Å². The molecular formula is C16H21NOS. The Hall–Kier alpha value is -1.32. The van der Waals surface area contributed by atoms with Crippen molar-refractivity contribution in [2.75, 3.05) is 13.7 Å². The van der Waals surface area contributed by atoms with Crippen molar-refractivity contribution in [1.82, 2.24) is 5.32 Å². The molecular weight excluding hydrogens is 254 g/mol. The van der Waals surface area contributed by atoms with Gasteiger partial charge in [0.15, 0.2) is 0 Å². The van der Waals surface area contributed by atoms with E-state index in [-0.39, 0.29) is 0 Å². The highest BCUT2D eigenvalue weighted by molar-refractivity contribution is 7.09. The van der Waals surface area contributed by atoms with Crippen LogP contribution in [-0.4, -0.2) is 13.7 Å². The zero-order valence-corrected chi connectivity index (χ0v) is 12.6. The topological polar surface area (TPSA) is 21.3 Å². The second kappa shape index (κ2) is 6.73. The maximum absolute atomic E-state index is 5.33. The molecule has 1 aromatic carbocycles. The summed E-state index contributed by atoms with van der Waals surface area (Å²) in [5, 5.41) is 5.70. The normalized spacial score (nSPS) is 12.4. The minimum absolute atomic E-state index is 0.369. The average molecular weight is 275 g/mol. The lowest BCUT2D eigenvalue weighted by Gasteiger charge is -2.19. The van der Waals surface area contributed by atoms with E-state index in [4.69, 9.17) is 4.74 Å². The van der Waals surface area contributed by atoms with E-state index in [9.17, 15) is 0 Å². The van der Waals surface area contributed by atoms with Crippen LogP contribution in [-0.2, 0) is 6.42 Å². The van der Waals surface area contributed by atoms with E-state index in [1.807, 2.05) is 11.3 Å². The van der Waals surface area contributed by atoms with Crippen molar-refractivity contribution in [1.29, 1.82) is 0 Å². The number of likely N-dealkylation sites (N-methyl/N-ethyl adjacent to an activating group) is 1. The Morgan fingerprint density at radius 1 is 1.32 bits per heavy atom. The number of ether oxygens (including phenoxy) is 1. The average Bonchev–Trinajstić information content (AvgIpc) is 2.91. The number of rotatable bonds is 6. The van der Waals surface area contributed by atoms with Gasteiger partial charge in [0.25, 0.3) is 0 Å². The molecule has 0 fully saturated rings. The summed E-state index contributed by atoms with van der Waals surface area (Å²) in [6, 6.07) is 11.1. The van der Waals surface area contributed by atoms with E-state index in [0.717, 1.165) is 18.7 Å². The Morgan fingerprint density at radius 3 is 2.74 bits per heavy atom. The standard InChI is InChI=1S/C16H21NOS/c1-4-17-15(11-14-6-5-9-19-14)13-7-8-16(18-3)12(2)10-13/h5-10,15,17H,4,11H2,1-3H3. The van der Waals surface area contributed by atoms with Gasteiger partial charge in [-0.1, -0.05) is 25.1 Å². The molecule has 0 aliphatic carbocycles. The van der Waals surface area contributed by atoms with Crippen LogP contribution in [0.1, 0.15) is 29.0 Å². The molecule has 0 bridgehead atoms. The summed E-state index contributed by atoms with van der Waals surface area (Å²) in [7, 11) is 1.72. The number of nitrogens with one attached hydrogen (secondary N) is 1. The first kappa shape index (κ1) is 14.1. The molecule has 1 atom stereocenters. The van der Waals surface area contributed by atoms with Crippen LogP contribution in [0.25, 0.3) is 0 Å². The Bertz CT molecular complexity index is 507. The van der Waals surface area contributed by atoms with Crippen LogP contribution in [0.2, 0.25) is 0 Å². The highest BCUT2D eigenvalue weighted by Crippen LogP contribution is 2.26. The van der Waals surface area contributed by atoms with Gasteiger partial charge in [0, 0.05) is 17.3 Å². The molecule has 0 spiro atoms. The van der Waals surface area contributed by atoms with E-state index >= 15 is 0 Å². The van der Waals surface area contributed by atoms with E-state index < -0.39 is 0 Å². The van der Waals surface area contributed by atoms with E-state index in [0.29, 0.717) is 6.04 Å². The third kappa shape index (κ3) is 3.58.